The number of para-hydroxylation sites is 1. The Balaban J connectivity index is 1.54. The molecule has 3 aromatic rings. The molecule has 0 aromatic heterocycles. The number of carbonyl (C=O) groups is 2. The third-order valence-corrected chi connectivity index (χ3v) is 7.04. The molecule has 0 aliphatic carbocycles. The first-order valence-electron chi connectivity index (χ1n) is 12.9. The van der Waals surface area contributed by atoms with E-state index < -0.39 is 24.0 Å². The molecule has 0 bridgehead atoms. The largest absolute Gasteiger partial charge is 0.496 e. The van der Waals surface area contributed by atoms with Crippen LogP contribution >= 0.6 is 0 Å². The first kappa shape index (κ1) is 26.4. The van der Waals surface area contributed by atoms with E-state index in [9.17, 15) is 9.59 Å². The highest BCUT2D eigenvalue weighted by atomic mass is 16.7. The van der Waals surface area contributed by atoms with Crippen LogP contribution in [0.15, 0.2) is 66.7 Å². The molecule has 0 N–H and O–H groups in total. The van der Waals surface area contributed by atoms with Gasteiger partial charge in [0.1, 0.15) is 23.5 Å². The van der Waals surface area contributed by atoms with Gasteiger partial charge >= 0.3 is 0 Å². The quantitative estimate of drug-likeness (QED) is 0.268. The van der Waals surface area contributed by atoms with Gasteiger partial charge in [-0.05, 0) is 48.9 Å². The topological polar surface area (TPSA) is 86.8 Å². The van der Waals surface area contributed by atoms with Gasteiger partial charge < -0.3 is 18.9 Å². The van der Waals surface area contributed by atoms with Crippen LogP contribution in [-0.4, -0.2) is 45.9 Å². The lowest BCUT2D eigenvalue weighted by molar-refractivity contribution is -0.126. The first-order chi connectivity index (χ1) is 19.0. The maximum Gasteiger partial charge on any atom is 0.266 e. The summed E-state index contributed by atoms with van der Waals surface area (Å²) in [5.74, 6) is 0.511. The van der Waals surface area contributed by atoms with Crippen LogP contribution in [0, 0.1) is 5.92 Å². The van der Waals surface area contributed by atoms with Gasteiger partial charge in [0.05, 0.1) is 39.3 Å². The summed E-state index contributed by atoms with van der Waals surface area (Å²) in [4.78, 5) is 35.1. The van der Waals surface area contributed by atoms with E-state index in [1.807, 2.05) is 30.3 Å². The molecule has 3 aromatic carbocycles. The molecule has 2 aliphatic heterocycles. The molecule has 0 unspecified atom stereocenters. The van der Waals surface area contributed by atoms with Gasteiger partial charge in [0.15, 0.2) is 17.6 Å². The maximum atomic E-state index is 14.0. The average Bonchev–Trinajstić information content (AvgIpc) is 3.48. The van der Waals surface area contributed by atoms with Crippen molar-refractivity contribution in [3.63, 3.8) is 0 Å². The molecule has 2 aliphatic rings. The van der Waals surface area contributed by atoms with Crippen molar-refractivity contribution in [3.8, 4) is 23.0 Å². The number of hydrogen-bond acceptors (Lipinski definition) is 8. The van der Waals surface area contributed by atoms with Crippen LogP contribution < -0.4 is 28.9 Å². The van der Waals surface area contributed by atoms with E-state index in [0.29, 0.717) is 46.5 Å². The molecule has 39 heavy (non-hydrogen) atoms. The normalized spacial score (nSPS) is 20.3. The van der Waals surface area contributed by atoms with Crippen LogP contribution in [0.5, 0.6) is 23.0 Å². The van der Waals surface area contributed by atoms with Gasteiger partial charge in [0.2, 0.25) is 5.91 Å². The molecular weight excluding hydrogens is 500 g/mol. The van der Waals surface area contributed by atoms with Gasteiger partial charge in [-0.25, -0.2) is 9.96 Å². The van der Waals surface area contributed by atoms with E-state index >= 15 is 0 Å². The Morgan fingerprint density at radius 3 is 2.10 bits per heavy atom. The lowest BCUT2D eigenvalue weighted by atomic mass is 9.89. The third-order valence-electron chi connectivity index (χ3n) is 7.04. The van der Waals surface area contributed by atoms with Crippen molar-refractivity contribution in [2.24, 2.45) is 5.92 Å². The fourth-order valence-electron chi connectivity index (χ4n) is 5.09. The second kappa shape index (κ2) is 11.2. The SMILES string of the molecule is CCCCOc1ccc(N2C(=O)[C@@H]3[C@H](ON(c4ccccc4)[C@H]3c3cc(OC)c(OC)cc3OC)C2=O)cc1. The molecule has 0 spiro atoms. The smallest absolute Gasteiger partial charge is 0.266 e. The number of imide groups is 1. The third kappa shape index (κ3) is 4.74. The molecule has 3 atom stereocenters. The highest BCUT2D eigenvalue weighted by Gasteiger charge is 2.61. The minimum atomic E-state index is -1.01. The van der Waals surface area contributed by atoms with Gasteiger partial charge in [0, 0.05) is 11.6 Å². The summed E-state index contributed by atoms with van der Waals surface area (Å²) in [6, 6.07) is 19.1. The number of methoxy groups -OCH3 is 3. The zero-order valence-corrected chi connectivity index (χ0v) is 22.5. The molecule has 9 nitrogen and oxygen atoms in total. The van der Waals surface area contributed by atoms with Crippen LogP contribution in [0.2, 0.25) is 0 Å². The van der Waals surface area contributed by atoms with Gasteiger partial charge in [0.25, 0.3) is 5.91 Å². The fraction of sp³-hybridized carbons (Fsp3) is 0.333. The number of benzene rings is 3. The number of ether oxygens (including phenoxy) is 4. The maximum absolute atomic E-state index is 14.0. The number of anilines is 2. The number of amides is 2. The zero-order chi connectivity index (χ0) is 27.5. The van der Waals surface area contributed by atoms with Crippen molar-refractivity contribution < 1.29 is 33.4 Å². The Labute approximate surface area is 227 Å². The summed E-state index contributed by atoms with van der Waals surface area (Å²) < 4.78 is 22.5. The minimum absolute atomic E-state index is 0.357. The molecular formula is C30H32N2O7. The number of unbranched alkanes of at least 4 members (excludes halogenated alkanes) is 1. The Hall–Kier alpha value is -4.24. The minimum Gasteiger partial charge on any atom is -0.496 e. The number of rotatable bonds is 10. The van der Waals surface area contributed by atoms with Crippen LogP contribution in [0.25, 0.3) is 0 Å². The van der Waals surface area contributed by atoms with Crippen LogP contribution in [-0.2, 0) is 14.4 Å². The summed E-state index contributed by atoms with van der Waals surface area (Å²) in [5, 5.41) is 1.62. The molecule has 0 radical (unpaired) electrons. The van der Waals surface area contributed by atoms with E-state index in [1.54, 1.807) is 62.8 Å². The number of nitrogens with zero attached hydrogens (tertiary/aromatic N) is 2. The van der Waals surface area contributed by atoms with Gasteiger partial charge in [-0.1, -0.05) is 31.5 Å². The van der Waals surface area contributed by atoms with Crippen LogP contribution in [0.1, 0.15) is 31.4 Å². The summed E-state index contributed by atoms with van der Waals surface area (Å²) >= 11 is 0. The standard InChI is InChI=1S/C30H32N2O7/c1-5-6-16-38-21-14-12-19(13-15-21)31-29(33)26-27(22-17-24(36-3)25(37-4)18-23(22)35-2)32(39-28(26)30(31)34)20-10-8-7-9-11-20/h7-15,17-18,26-28H,5-6,16H2,1-4H3/t26-,27-,28-/m0/s1. The lowest BCUT2D eigenvalue weighted by Gasteiger charge is -2.30. The molecule has 2 fully saturated rings. The van der Waals surface area contributed by atoms with Crippen molar-refractivity contribution in [2.45, 2.75) is 31.9 Å². The molecule has 0 saturated carbocycles. The Morgan fingerprint density at radius 1 is 0.795 bits per heavy atom. The monoisotopic (exact) mass is 532 g/mol. The molecule has 2 saturated heterocycles. The predicted molar refractivity (Wildman–Crippen MR) is 145 cm³/mol. The fourth-order valence-corrected chi connectivity index (χ4v) is 5.09. The van der Waals surface area contributed by atoms with Crippen molar-refractivity contribution in [3.05, 3.63) is 72.3 Å². The zero-order valence-electron chi connectivity index (χ0n) is 22.5. The van der Waals surface area contributed by atoms with Gasteiger partial charge in [-0.15, -0.1) is 0 Å². The highest BCUT2D eigenvalue weighted by molar-refractivity contribution is 6.24. The van der Waals surface area contributed by atoms with E-state index in [2.05, 4.69) is 6.92 Å². The summed E-state index contributed by atoms with van der Waals surface area (Å²) in [5.41, 5.74) is 1.80. The van der Waals surface area contributed by atoms with E-state index in [0.717, 1.165) is 12.8 Å². The second-order valence-electron chi connectivity index (χ2n) is 9.31. The summed E-state index contributed by atoms with van der Waals surface area (Å²) in [7, 11) is 4.63. The van der Waals surface area contributed by atoms with Crippen LogP contribution in [0.4, 0.5) is 11.4 Å². The summed E-state index contributed by atoms with van der Waals surface area (Å²) in [6.07, 6.45) is 0.967. The first-order valence-corrected chi connectivity index (χ1v) is 12.9. The Kier molecular flexibility index (Phi) is 7.60. The number of hydroxylamine groups is 1. The van der Waals surface area contributed by atoms with E-state index in [-0.39, 0.29) is 5.91 Å². The summed E-state index contributed by atoms with van der Waals surface area (Å²) in [6.45, 7) is 2.71. The van der Waals surface area contributed by atoms with E-state index in [4.69, 9.17) is 23.8 Å². The van der Waals surface area contributed by atoms with E-state index in [1.165, 1.54) is 4.90 Å². The Bertz CT molecular complexity index is 1330. The Morgan fingerprint density at radius 2 is 1.46 bits per heavy atom. The average molecular weight is 533 g/mol. The lowest BCUT2D eigenvalue weighted by Crippen LogP contribution is -2.37. The van der Waals surface area contributed by atoms with Crippen molar-refractivity contribution in [1.29, 1.82) is 0 Å². The molecule has 2 amide bonds. The van der Waals surface area contributed by atoms with Crippen molar-refractivity contribution >= 4 is 23.2 Å². The number of fused-ring (bicyclic) bond motifs is 1. The second-order valence-corrected chi connectivity index (χ2v) is 9.31. The molecule has 9 heteroatoms. The molecule has 5 rings (SSSR count). The van der Waals surface area contributed by atoms with Gasteiger partial charge in [-0.3, -0.25) is 14.4 Å². The molecule has 2 heterocycles. The predicted octanol–water partition coefficient (Wildman–Crippen LogP) is 4.94. The highest BCUT2D eigenvalue weighted by Crippen LogP contribution is 2.51. The van der Waals surface area contributed by atoms with Crippen LogP contribution in [0.3, 0.4) is 0 Å². The number of carbonyl (C=O) groups excluding carboxylic acids is 2. The van der Waals surface area contributed by atoms with Crippen molar-refractivity contribution in [1.82, 2.24) is 0 Å². The van der Waals surface area contributed by atoms with Crippen molar-refractivity contribution in [2.75, 3.05) is 37.9 Å². The van der Waals surface area contributed by atoms with Gasteiger partial charge in [-0.2, -0.15) is 0 Å². The molecule has 204 valence electrons. The number of hydrogen-bond donors (Lipinski definition) is 0.